The van der Waals surface area contributed by atoms with Gasteiger partial charge < -0.3 is 0 Å². The normalized spacial score (nSPS) is 12.0. The lowest BCUT2D eigenvalue weighted by atomic mass is 9.63. The van der Waals surface area contributed by atoms with Gasteiger partial charge in [0.25, 0.3) is 0 Å². The molecule has 0 fully saturated rings. The van der Waals surface area contributed by atoms with E-state index in [1.165, 1.54) is 0 Å². The lowest BCUT2D eigenvalue weighted by molar-refractivity contribution is 0.321. The first kappa shape index (κ1) is 33.4. The summed E-state index contributed by atoms with van der Waals surface area (Å²) >= 11 is 0. The zero-order valence-electron chi connectivity index (χ0n) is 20.7. The van der Waals surface area contributed by atoms with Gasteiger partial charge in [-0.2, -0.15) is 0 Å². The maximum absolute atomic E-state index is 15.6. The summed E-state index contributed by atoms with van der Waals surface area (Å²) in [6.45, 7) is 0.136. The van der Waals surface area contributed by atoms with E-state index >= 15 is 35.1 Å². The number of hydrogen-bond acceptors (Lipinski definition) is 0. The molecule has 0 aromatic heterocycles. The quantitative estimate of drug-likeness (QED) is 0.0877. The Morgan fingerprint density at radius 1 is 0.222 bits per heavy atom. The molecule has 0 aliphatic carbocycles. The molecule has 240 valence electrons. The lowest BCUT2D eigenvalue weighted by Gasteiger charge is -2.38. The molecule has 0 unspecified atom stereocenters. The fourth-order valence-corrected chi connectivity index (χ4v) is 4.62. The van der Waals surface area contributed by atoms with Gasteiger partial charge in [0, 0.05) is 27.8 Å². The average Bonchev–Trinajstić information content (AvgIpc) is 3.00. The van der Waals surface area contributed by atoms with E-state index in [0.29, 0.717) is 0 Å². The monoisotopic (exact) mass is 676 g/mol. The molecule has 4 aromatic rings. The Bertz CT molecular complexity index is 1560. The first-order valence-electron chi connectivity index (χ1n) is 11.1. The topological polar surface area (TPSA) is 0 Å². The van der Waals surface area contributed by atoms with Gasteiger partial charge in [-0.05, 0) is 6.92 Å². The van der Waals surface area contributed by atoms with Crippen molar-refractivity contribution in [3.8, 4) is 0 Å². The van der Waals surface area contributed by atoms with Gasteiger partial charge in [-0.3, -0.25) is 0 Å². The highest BCUT2D eigenvalue weighted by molar-refractivity contribution is 5.63. The van der Waals surface area contributed by atoms with Gasteiger partial charge in [0.15, 0.2) is 93.1 Å². The molecule has 0 spiro atoms. The fraction of sp³-hybridized carbons (Fsp3) is 0.0769. The molecule has 0 aliphatic rings. The molecule has 0 heterocycles. The van der Waals surface area contributed by atoms with Crippen LogP contribution in [0.5, 0.6) is 0 Å². The third-order valence-electron chi connectivity index (χ3n) is 6.61. The third kappa shape index (κ3) is 4.18. The molecular weight excluding hydrogens is 673 g/mol. The zero-order valence-corrected chi connectivity index (χ0v) is 20.7. The molecule has 0 saturated carbocycles. The Kier molecular flexibility index (Phi) is 8.07. The van der Waals surface area contributed by atoms with E-state index in [4.69, 9.17) is 0 Å². The molecule has 4 aromatic carbocycles. The van der Waals surface area contributed by atoms with Crippen LogP contribution in [0, 0.1) is 117 Å². The van der Waals surface area contributed by atoms with Crippen LogP contribution in [0.15, 0.2) is 0 Å². The summed E-state index contributed by atoms with van der Waals surface area (Å²) < 4.78 is 282. The van der Waals surface area contributed by atoms with Crippen LogP contribution in [-0.4, -0.2) is 0 Å². The van der Waals surface area contributed by atoms with E-state index in [0.717, 1.165) is 0 Å². The number of halogens is 19. The molecule has 0 radical (unpaired) electrons. The fourth-order valence-electron chi connectivity index (χ4n) is 4.62. The van der Waals surface area contributed by atoms with Gasteiger partial charge in [0.05, 0.1) is 5.41 Å². The molecule has 0 aliphatic heterocycles. The van der Waals surface area contributed by atoms with E-state index in [2.05, 4.69) is 0 Å². The molecule has 4 rings (SSSR count). The van der Waals surface area contributed by atoms with Gasteiger partial charge in [-0.15, -0.1) is 0 Å². The highest BCUT2D eigenvalue weighted by Gasteiger charge is 2.58. The van der Waals surface area contributed by atoms with Crippen LogP contribution < -0.4 is 0 Å². The van der Waals surface area contributed by atoms with E-state index in [-0.39, 0.29) is 6.92 Å². The van der Waals surface area contributed by atoms with Crippen molar-refractivity contribution in [1.29, 1.82) is 0 Å². The minimum Gasteiger partial charge on any atom is -0.203 e. The maximum atomic E-state index is 15.6. The Labute approximate surface area is 234 Å². The Morgan fingerprint density at radius 2 is 0.356 bits per heavy atom. The molecule has 0 saturated heterocycles. The smallest absolute Gasteiger partial charge is 0.200 e. The Balaban J connectivity index is 2.69. The molecular formula is C26H3F19. The minimum absolute atomic E-state index is 0.136. The zero-order chi connectivity index (χ0) is 34.4. The summed E-state index contributed by atoms with van der Waals surface area (Å²) in [5.41, 5.74) is -21.8. The summed E-state index contributed by atoms with van der Waals surface area (Å²) in [5, 5.41) is 0. The number of rotatable bonds is 4. The SMILES string of the molecule is Cc1c(F)c(F)c(C(c2c(F)c(F)c(F)c(F)c2F)(c2c(F)c(F)c(F)c(F)c2F)c2c(F)c(F)c(F)c(F)c2F)c(F)c1F. The Morgan fingerprint density at radius 3 is 0.533 bits per heavy atom. The second-order valence-electron chi connectivity index (χ2n) is 8.84. The van der Waals surface area contributed by atoms with Crippen molar-refractivity contribution in [2.45, 2.75) is 12.3 Å². The van der Waals surface area contributed by atoms with Crippen LogP contribution in [0.1, 0.15) is 27.8 Å². The first-order chi connectivity index (χ1) is 20.7. The summed E-state index contributed by atoms with van der Waals surface area (Å²) in [7, 11) is 0. The number of hydrogen-bond donors (Lipinski definition) is 0. The predicted molar refractivity (Wildman–Crippen MR) is 109 cm³/mol. The van der Waals surface area contributed by atoms with Crippen molar-refractivity contribution < 1.29 is 83.4 Å². The molecule has 0 atom stereocenters. The predicted octanol–water partition coefficient (Wildman–Crippen LogP) is 9.02. The van der Waals surface area contributed by atoms with Gasteiger partial charge in [0.2, 0.25) is 17.5 Å². The molecule has 45 heavy (non-hydrogen) atoms. The highest BCUT2D eigenvalue weighted by Crippen LogP contribution is 2.54. The molecule has 0 N–H and O–H groups in total. The highest BCUT2D eigenvalue weighted by atomic mass is 19.2. The average molecular weight is 676 g/mol. The molecule has 0 nitrogen and oxygen atoms in total. The van der Waals surface area contributed by atoms with E-state index in [1.807, 2.05) is 0 Å². The second kappa shape index (κ2) is 10.9. The van der Waals surface area contributed by atoms with E-state index < -0.39 is 144 Å². The van der Waals surface area contributed by atoms with E-state index in [9.17, 15) is 48.3 Å². The lowest BCUT2D eigenvalue weighted by Crippen LogP contribution is -2.42. The van der Waals surface area contributed by atoms with Crippen LogP contribution in [0.4, 0.5) is 83.4 Å². The van der Waals surface area contributed by atoms with Crippen molar-refractivity contribution in [1.82, 2.24) is 0 Å². The first-order valence-corrected chi connectivity index (χ1v) is 11.1. The third-order valence-corrected chi connectivity index (χ3v) is 6.61. The summed E-state index contributed by atoms with van der Waals surface area (Å²) in [6.07, 6.45) is 0. The molecule has 0 bridgehead atoms. The van der Waals surface area contributed by atoms with Crippen LogP contribution >= 0.6 is 0 Å². The summed E-state index contributed by atoms with van der Waals surface area (Å²) in [5.74, 6) is -65.2. The second-order valence-corrected chi connectivity index (χ2v) is 8.84. The van der Waals surface area contributed by atoms with Crippen LogP contribution in [0.2, 0.25) is 0 Å². The van der Waals surface area contributed by atoms with Crippen molar-refractivity contribution in [3.05, 3.63) is 138 Å². The van der Waals surface area contributed by atoms with Crippen LogP contribution in [0.25, 0.3) is 0 Å². The number of benzene rings is 4. The summed E-state index contributed by atoms with van der Waals surface area (Å²) in [6, 6.07) is 0. The van der Waals surface area contributed by atoms with Gasteiger partial charge >= 0.3 is 0 Å². The van der Waals surface area contributed by atoms with Gasteiger partial charge in [-0.25, -0.2) is 83.4 Å². The van der Waals surface area contributed by atoms with E-state index in [1.54, 1.807) is 0 Å². The van der Waals surface area contributed by atoms with Crippen LogP contribution in [-0.2, 0) is 5.41 Å². The Hall–Kier alpha value is -4.45. The molecule has 0 amide bonds. The summed E-state index contributed by atoms with van der Waals surface area (Å²) in [4.78, 5) is 0. The largest absolute Gasteiger partial charge is 0.203 e. The van der Waals surface area contributed by atoms with Crippen molar-refractivity contribution >= 4 is 0 Å². The van der Waals surface area contributed by atoms with Gasteiger partial charge in [-0.1, -0.05) is 0 Å². The van der Waals surface area contributed by atoms with Crippen LogP contribution in [0.3, 0.4) is 0 Å². The van der Waals surface area contributed by atoms with Gasteiger partial charge in [0.1, 0.15) is 0 Å². The minimum atomic E-state index is -5.93. The van der Waals surface area contributed by atoms with Crippen molar-refractivity contribution in [3.63, 3.8) is 0 Å². The van der Waals surface area contributed by atoms with Crippen molar-refractivity contribution in [2.75, 3.05) is 0 Å². The maximum Gasteiger partial charge on any atom is 0.200 e. The standard InChI is InChI=1S/C26H3F19/c1-2-7(27)9(29)3(10(30)8(2)28)26(4-11(31)17(37)23(43)18(38)12(4)32,5-13(33)19(39)24(44)20(40)14(5)34)6-15(35)21(41)25(45)22(42)16(6)36/h1H3. The molecule has 19 heteroatoms. The van der Waals surface area contributed by atoms with Crippen molar-refractivity contribution in [2.24, 2.45) is 0 Å².